The van der Waals surface area contributed by atoms with E-state index in [2.05, 4.69) is 36.5 Å². The number of ether oxygens (including phenoxy) is 1. The van der Waals surface area contributed by atoms with Crippen LogP contribution >= 0.6 is 0 Å². The van der Waals surface area contributed by atoms with Crippen LogP contribution in [0.25, 0.3) is 0 Å². The lowest BCUT2D eigenvalue weighted by molar-refractivity contribution is 0.400. The van der Waals surface area contributed by atoms with Crippen molar-refractivity contribution in [3.8, 4) is 5.75 Å². The maximum Gasteiger partial charge on any atom is 0.127 e. The van der Waals surface area contributed by atoms with Gasteiger partial charge in [-0.15, -0.1) is 0 Å². The number of rotatable bonds is 4. The molecule has 0 spiro atoms. The van der Waals surface area contributed by atoms with Crippen molar-refractivity contribution in [1.29, 1.82) is 0 Å². The second-order valence-electron chi connectivity index (χ2n) is 5.07. The second-order valence-corrected chi connectivity index (χ2v) is 5.07. The van der Waals surface area contributed by atoms with Crippen molar-refractivity contribution in [1.82, 2.24) is 15.2 Å². The van der Waals surface area contributed by atoms with Crippen molar-refractivity contribution in [3.05, 3.63) is 46.3 Å². The summed E-state index contributed by atoms with van der Waals surface area (Å²) in [4.78, 5) is 0. The fourth-order valence-electron chi connectivity index (χ4n) is 2.56. The first-order chi connectivity index (χ1) is 9.49. The summed E-state index contributed by atoms with van der Waals surface area (Å²) in [5, 5.41) is 4.38. The van der Waals surface area contributed by atoms with Crippen molar-refractivity contribution in [2.45, 2.75) is 26.8 Å². The van der Waals surface area contributed by atoms with Crippen molar-refractivity contribution >= 4 is 0 Å². The first kappa shape index (κ1) is 14.6. The van der Waals surface area contributed by atoms with E-state index in [-0.39, 0.29) is 6.04 Å². The van der Waals surface area contributed by atoms with E-state index in [0.29, 0.717) is 0 Å². The van der Waals surface area contributed by atoms with Crippen molar-refractivity contribution in [3.63, 3.8) is 0 Å². The number of hydrogen-bond acceptors (Lipinski definition) is 4. The van der Waals surface area contributed by atoms with Gasteiger partial charge in [0.25, 0.3) is 0 Å². The quantitative estimate of drug-likeness (QED) is 0.660. The molecular formula is C15H22N4O. The average molecular weight is 274 g/mol. The zero-order chi connectivity index (χ0) is 14.9. The van der Waals surface area contributed by atoms with Gasteiger partial charge in [-0.3, -0.25) is 10.5 Å². The number of nitrogens with one attached hydrogen (secondary N) is 1. The monoisotopic (exact) mass is 274 g/mol. The zero-order valence-electron chi connectivity index (χ0n) is 12.7. The molecule has 1 aromatic carbocycles. The maximum absolute atomic E-state index is 5.78. The molecule has 0 amide bonds. The third kappa shape index (κ3) is 2.42. The van der Waals surface area contributed by atoms with Crippen molar-refractivity contribution < 1.29 is 4.74 Å². The third-order valence-electron chi connectivity index (χ3n) is 3.75. The summed E-state index contributed by atoms with van der Waals surface area (Å²) in [5.41, 5.74) is 8.24. The van der Waals surface area contributed by atoms with Crippen LogP contribution in [0.4, 0.5) is 0 Å². The molecule has 0 radical (unpaired) electrons. The van der Waals surface area contributed by atoms with Gasteiger partial charge in [-0.1, -0.05) is 12.1 Å². The SMILES string of the molecule is COc1c(C(NN)c2cn(C)nc2C)ccc(C)c1C. The summed E-state index contributed by atoms with van der Waals surface area (Å²) >= 11 is 0. The van der Waals surface area contributed by atoms with Gasteiger partial charge in [0.15, 0.2) is 0 Å². The summed E-state index contributed by atoms with van der Waals surface area (Å²) in [7, 11) is 3.59. The molecule has 3 N–H and O–H groups in total. The normalized spacial score (nSPS) is 12.5. The Morgan fingerprint density at radius 2 is 1.95 bits per heavy atom. The van der Waals surface area contributed by atoms with Gasteiger partial charge in [-0.05, 0) is 31.9 Å². The minimum absolute atomic E-state index is 0.141. The van der Waals surface area contributed by atoms with Gasteiger partial charge in [-0.25, -0.2) is 5.43 Å². The van der Waals surface area contributed by atoms with E-state index in [1.165, 1.54) is 5.56 Å². The lowest BCUT2D eigenvalue weighted by Crippen LogP contribution is -2.29. The van der Waals surface area contributed by atoms with E-state index < -0.39 is 0 Å². The molecular weight excluding hydrogens is 252 g/mol. The number of methoxy groups -OCH3 is 1. The molecule has 0 aliphatic carbocycles. The van der Waals surface area contributed by atoms with Crippen LogP contribution in [0.15, 0.2) is 18.3 Å². The standard InChI is InChI=1S/C15H22N4O/c1-9-6-7-12(15(20-5)10(9)2)14(17-16)13-8-19(4)18-11(13)3/h6-8,14,17H,16H2,1-5H3. The average Bonchev–Trinajstić information content (AvgIpc) is 2.74. The molecule has 1 atom stereocenters. The largest absolute Gasteiger partial charge is 0.496 e. The van der Waals surface area contributed by atoms with Crippen LogP contribution in [0, 0.1) is 20.8 Å². The molecule has 0 fully saturated rings. The van der Waals surface area contributed by atoms with Crippen LogP contribution in [-0.2, 0) is 7.05 Å². The number of benzene rings is 1. The van der Waals surface area contributed by atoms with Crippen LogP contribution < -0.4 is 16.0 Å². The topological polar surface area (TPSA) is 65.1 Å². The number of nitrogens with two attached hydrogens (primary N) is 1. The fraction of sp³-hybridized carbons (Fsp3) is 0.400. The van der Waals surface area contributed by atoms with E-state index in [4.69, 9.17) is 10.6 Å². The number of hydrazine groups is 1. The molecule has 0 bridgehead atoms. The number of aryl methyl sites for hydroxylation is 3. The lowest BCUT2D eigenvalue weighted by atomic mass is 9.95. The highest BCUT2D eigenvalue weighted by atomic mass is 16.5. The number of nitrogens with zero attached hydrogens (tertiary/aromatic N) is 2. The van der Waals surface area contributed by atoms with Crippen LogP contribution in [0.3, 0.4) is 0 Å². The van der Waals surface area contributed by atoms with Crippen molar-refractivity contribution in [2.75, 3.05) is 7.11 Å². The molecule has 2 rings (SSSR count). The predicted molar refractivity (Wildman–Crippen MR) is 79.6 cm³/mol. The van der Waals surface area contributed by atoms with Gasteiger partial charge in [0, 0.05) is 24.4 Å². The van der Waals surface area contributed by atoms with Crippen LogP contribution in [0.5, 0.6) is 5.75 Å². The maximum atomic E-state index is 5.78. The minimum atomic E-state index is -0.141. The van der Waals surface area contributed by atoms with Gasteiger partial charge in [-0.2, -0.15) is 5.10 Å². The van der Waals surface area contributed by atoms with Gasteiger partial charge in [0.05, 0.1) is 18.8 Å². The van der Waals surface area contributed by atoms with E-state index in [9.17, 15) is 0 Å². The Bertz CT molecular complexity index is 619. The Balaban J connectivity index is 2.58. The summed E-state index contributed by atoms with van der Waals surface area (Å²) in [6, 6.07) is 4.00. The molecule has 5 heteroatoms. The Kier molecular flexibility index (Phi) is 4.11. The Morgan fingerprint density at radius 3 is 2.45 bits per heavy atom. The summed E-state index contributed by atoms with van der Waals surface area (Å²) in [6.07, 6.45) is 1.98. The molecule has 0 saturated heterocycles. The number of hydrogen-bond donors (Lipinski definition) is 2. The predicted octanol–water partition coefficient (Wildman–Crippen LogP) is 1.91. The second kappa shape index (κ2) is 5.64. The smallest absolute Gasteiger partial charge is 0.127 e. The molecule has 1 heterocycles. The first-order valence-electron chi connectivity index (χ1n) is 6.60. The molecule has 1 unspecified atom stereocenters. The zero-order valence-corrected chi connectivity index (χ0v) is 12.7. The van der Waals surface area contributed by atoms with E-state index in [1.54, 1.807) is 11.8 Å². The lowest BCUT2D eigenvalue weighted by Gasteiger charge is -2.21. The highest BCUT2D eigenvalue weighted by Crippen LogP contribution is 2.34. The first-order valence-corrected chi connectivity index (χ1v) is 6.60. The van der Waals surface area contributed by atoms with Crippen LogP contribution in [0.1, 0.15) is 34.0 Å². The third-order valence-corrected chi connectivity index (χ3v) is 3.75. The molecule has 0 aliphatic heterocycles. The van der Waals surface area contributed by atoms with E-state index in [0.717, 1.165) is 28.1 Å². The highest BCUT2D eigenvalue weighted by molar-refractivity contribution is 5.49. The van der Waals surface area contributed by atoms with E-state index >= 15 is 0 Å². The van der Waals surface area contributed by atoms with Gasteiger partial charge in [0.2, 0.25) is 0 Å². The Hall–Kier alpha value is -1.85. The Morgan fingerprint density at radius 1 is 1.25 bits per heavy atom. The summed E-state index contributed by atoms with van der Waals surface area (Å²) in [6.45, 7) is 6.11. The molecule has 5 nitrogen and oxygen atoms in total. The van der Waals surface area contributed by atoms with Gasteiger partial charge >= 0.3 is 0 Å². The van der Waals surface area contributed by atoms with Crippen molar-refractivity contribution in [2.24, 2.45) is 12.9 Å². The molecule has 108 valence electrons. The molecule has 2 aromatic rings. The van der Waals surface area contributed by atoms with Crippen LogP contribution in [-0.4, -0.2) is 16.9 Å². The highest BCUT2D eigenvalue weighted by Gasteiger charge is 2.22. The number of aromatic nitrogens is 2. The Labute approximate surface area is 119 Å². The molecule has 1 aromatic heterocycles. The molecule has 0 saturated carbocycles. The summed E-state index contributed by atoms with van der Waals surface area (Å²) in [5.74, 6) is 6.66. The van der Waals surface area contributed by atoms with Gasteiger partial charge < -0.3 is 4.74 Å². The van der Waals surface area contributed by atoms with Gasteiger partial charge in [0.1, 0.15) is 5.75 Å². The fourth-order valence-corrected chi connectivity index (χ4v) is 2.56. The molecule has 0 aliphatic rings. The van der Waals surface area contributed by atoms with Crippen LogP contribution in [0.2, 0.25) is 0 Å². The van der Waals surface area contributed by atoms with E-state index in [1.807, 2.05) is 20.2 Å². The summed E-state index contributed by atoms with van der Waals surface area (Å²) < 4.78 is 7.38. The minimum Gasteiger partial charge on any atom is -0.496 e. The molecule has 20 heavy (non-hydrogen) atoms.